The van der Waals surface area contributed by atoms with Gasteiger partial charge in [0.1, 0.15) is 0 Å². The van der Waals surface area contributed by atoms with Crippen molar-refractivity contribution in [1.82, 2.24) is 0 Å². The summed E-state index contributed by atoms with van der Waals surface area (Å²) in [7, 11) is 0. The van der Waals surface area contributed by atoms with Crippen LogP contribution in [0.5, 0.6) is 0 Å². The average molecular weight is 343 g/mol. The van der Waals surface area contributed by atoms with Crippen molar-refractivity contribution < 1.29 is 74.7 Å². The van der Waals surface area contributed by atoms with Crippen molar-refractivity contribution in [2.24, 2.45) is 0 Å². The van der Waals surface area contributed by atoms with Crippen molar-refractivity contribution in [2.75, 3.05) is 0 Å². The fraction of sp³-hybridized carbons (Fsp3) is 0. The molecule has 0 aromatic heterocycles. The van der Waals surface area contributed by atoms with Gasteiger partial charge in [-0.25, -0.2) is 0 Å². The van der Waals surface area contributed by atoms with Crippen LogP contribution in [0.25, 0.3) is 0 Å². The van der Waals surface area contributed by atoms with Crippen LogP contribution in [0, 0.1) is 40.8 Å². The van der Waals surface area contributed by atoms with Crippen LogP contribution in [-0.2, 0) is 33.8 Å². The Morgan fingerprint density at radius 3 is 1.00 bits per heavy atom. The Labute approximate surface area is 101 Å². The molecule has 0 aromatic carbocycles. The van der Waals surface area contributed by atoms with Crippen LogP contribution in [0.1, 0.15) is 0 Å². The van der Waals surface area contributed by atoms with Crippen LogP contribution in [0.4, 0.5) is 0 Å². The zero-order valence-corrected chi connectivity index (χ0v) is 7.12. The van der Waals surface area contributed by atoms with Gasteiger partial charge in [0.05, 0.1) is 0 Å². The monoisotopic (exact) mass is 340 g/mol. The third kappa shape index (κ3) is 19.3. The molecule has 0 aromatic rings. The Hall–Kier alpha value is 3.08. The normalized spacial score (nSPS) is 0. The van der Waals surface area contributed by atoms with E-state index in [1.54, 1.807) is 0 Å². The zero-order valence-electron chi connectivity index (χ0n) is 1.76. The molecular formula is H3BCoFeGaNd. The molecule has 0 heterocycles. The minimum Gasteiger partial charge on any atom is 0 e. The van der Waals surface area contributed by atoms with Crippen molar-refractivity contribution in [3.8, 4) is 0 Å². The van der Waals surface area contributed by atoms with E-state index in [9.17, 15) is 0 Å². The first-order chi connectivity index (χ1) is 0. The fourth-order valence-electron chi connectivity index (χ4n) is 0. The molecule has 4 radical (unpaired) electrons. The van der Waals surface area contributed by atoms with E-state index in [2.05, 4.69) is 0 Å². The zero-order chi connectivity index (χ0) is 0. The van der Waals surface area contributed by atoms with E-state index in [0.29, 0.717) is 0 Å². The molecule has 0 saturated heterocycles. The maximum atomic E-state index is 0. The summed E-state index contributed by atoms with van der Waals surface area (Å²) in [6, 6.07) is 0. The van der Waals surface area contributed by atoms with E-state index >= 15 is 0 Å². The van der Waals surface area contributed by atoms with Gasteiger partial charge in [-0.3, -0.25) is 0 Å². The predicted molar refractivity (Wildman–Crippen MR) is 15.7 cm³/mol. The summed E-state index contributed by atoms with van der Waals surface area (Å²) in [5.41, 5.74) is 0. The van der Waals surface area contributed by atoms with Gasteiger partial charge in [0.15, 0.2) is 0 Å². The summed E-state index contributed by atoms with van der Waals surface area (Å²) in [5.74, 6) is 0. The van der Waals surface area contributed by atoms with Crippen molar-refractivity contribution >= 4 is 28.2 Å². The molecule has 0 N–H and O–H groups in total. The summed E-state index contributed by atoms with van der Waals surface area (Å²) in [5, 5.41) is 0. The second-order valence-electron chi connectivity index (χ2n) is 0. The molecule has 0 saturated carbocycles. The molecule has 5 heteroatoms. The third-order valence-corrected chi connectivity index (χ3v) is 0. The summed E-state index contributed by atoms with van der Waals surface area (Å²) < 4.78 is 0. The molecule has 0 aliphatic carbocycles. The predicted octanol–water partition coefficient (Wildman–Crippen LogP) is -1.57. The molecule has 0 rings (SSSR count). The van der Waals surface area contributed by atoms with Gasteiger partial charge in [-0.2, -0.15) is 0 Å². The number of hydrogen-bond acceptors (Lipinski definition) is 0. The molecule has 0 amide bonds. The third-order valence-electron chi connectivity index (χ3n) is 0. The molecule has 5 heavy (non-hydrogen) atoms. The van der Waals surface area contributed by atoms with Gasteiger partial charge in [0.2, 0.25) is 0 Å². The van der Waals surface area contributed by atoms with E-state index < -0.39 is 0 Å². The maximum absolute atomic E-state index is 0. The standard InChI is InChI=1S/B.Co.Fe.Ga.Nd.3H. The molecule has 0 bridgehead atoms. The van der Waals surface area contributed by atoms with E-state index in [0.717, 1.165) is 0 Å². The van der Waals surface area contributed by atoms with Crippen LogP contribution in [0.3, 0.4) is 0 Å². The van der Waals surface area contributed by atoms with Gasteiger partial charge in [-0.15, -0.1) is 0 Å². The molecule has 0 atom stereocenters. The van der Waals surface area contributed by atoms with Crippen molar-refractivity contribution in [3.63, 3.8) is 0 Å². The van der Waals surface area contributed by atoms with Gasteiger partial charge < -0.3 is 0 Å². The Bertz CT molecular complexity index is 11.6. The molecule has 0 spiro atoms. The summed E-state index contributed by atoms with van der Waals surface area (Å²) in [4.78, 5) is 0. The van der Waals surface area contributed by atoms with E-state index in [4.69, 9.17) is 0 Å². The molecular weight excluding hydrogens is 340 g/mol. The topological polar surface area (TPSA) is 0 Å². The number of rotatable bonds is 0. The first-order valence-electron chi connectivity index (χ1n) is 0. The molecule has 30 valence electrons. The van der Waals surface area contributed by atoms with Crippen molar-refractivity contribution in [3.05, 3.63) is 0 Å². The Balaban J connectivity index is 0. The smallest absolute Gasteiger partial charge is 0 e. The van der Waals surface area contributed by atoms with E-state index in [-0.39, 0.29) is 103 Å². The summed E-state index contributed by atoms with van der Waals surface area (Å²) in [6.45, 7) is 0. The molecule has 0 aliphatic heterocycles. The van der Waals surface area contributed by atoms with E-state index in [1.165, 1.54) is 0 Å². The minimum atomic E-state index is 0. The second-order valence-corrected chi connectivity index (χ2v) is 0. The first-order valence-corrected chi connectivity index (χ1v) is 0. The van der Waals surface area contributed by atoms with Gasteiger partial charge in [0.25, 0.3) is 0 Å². The Morgan fingerprint density at radius 2 is 1.00 bits per heavy atom. The van der Waals surface area contributed by atoms with Gasteiger partial charge >= 0.3 is 19.8 Å². The first kappa shape index (κ1) is 42.7. The van der Waals surface area contributed by atoms with Gasteiger partial charge in [0, 0.05) is 83.1 Å². The largest absolute Gasteiger partial charge is 0 e. The van der Waals surface area contributed by atoms with E-state index in [1.807, 2.05) is 0 Å². The van der Waals surface area contributed by atoms with Crippen LogP contribution in [0.15, 0.2) is 0 Å². The number of hydrogen-bond donors (Lipinski definition) is 0. The van der Waals surface area contributed by atoms with Crippen molar-refractivity contribution in [1.29, 1.82) is 0 Å². The summed E-state index contributed by atoms with van der Waals surface area (Å²) in [6.07, 6.45) is 0. The molecule has 0 nitrogen and oxygen atoms in total. The summed E-state index contributed by atoms with van der Waals surface area (Å²) >= 11 is 0. The molecule has 0 aliphatic rings. The van der Waals surface area contributed by atoms with Gasteiger partial charge in [-0.1, -0.05) is 0 Å². The minimum absolute atomic E-state index is 0. The maximum Gasteiger partial charge on any atom is 0 e. The Morgan fingerprint density at radius 1 is 1.00 bits per heavy atom. The Kier molecular flexibility index (Phi) is 236. The van der Waals surface area contributed by atoms with Crippen LogP contribution >= 0.6 is 0 Å². The molecule has 0 fully saturated rings. The van der Waals surface area contributed by atoms with Crippen LogP contribution in [0.2, 0.25) is 0 Å². The van der Waals surface area contributed by atoms with Gasteiger partial charge in [-0.05, 0) is 0 Å². The SMILES string of the molecule is [B].[Co].[Fe].[GaH3].[Nd]. The van der Waals surface area contributed by atoms with Crippen LogP contribution < -0.4 is 0 Å². The second kappa shape index (κ2) is 27.6. The van der Waals surface area contributed by atoms with Crippen molar-refractivity contribution in [2.45, 2.75) is 0 Å². The average Bonchev–Trinajstić information content (AvgIpc) is 0. The quantitative estimate of drug-likeness (QED) is 0.467. The molecule has 0 unspecified atom stereocenters. The fourth-order valence-corrected chi connectivity index (χ4v) is 0. The van der Waals surface area contributed by atoms with Crippen LogP contribution in [-0.4, -0.2) is 28.2 Å².